The fourth-order valence-electron chi connectivity index (χ4n) is 2.51. The molecule has 0 spiro atoms. The van der Waals surface area contributed by atoms with Crippen molar-refractivity contribution in [3.05, 3.63) is 53.9 Å². The van der Waals surface area contributed by atoms with Gasteiger partial charge in [0.25, 0.3) is 0 Å². The van der Waals surface area contributed by atoms with Crippen LogP contribution in [0.4, 0.5) is 13.2 Å². The summed E-state index contributed by atoms with van der Waals surface area (Å²) in [5.74, 6) is -1.03. The average molecular weight is 335 g/mol. The summed E-state index contributed by atoms with van der Waals surface area (Å²) in [5.41, 5.74) is 1.63. The summed E-state index contributed by atoms with van der Waals surface area (Å²) in [6.45, 7) is 3.84. The predicted molar refractivity (Wildman–Crippen MR) is 83.5 cm³/mol. The summed E-state index contributed by atoms with van der Waals surface area (Å²) in [6, 6.07) is 12.0. The maximum atomic E-state index is 13.2. The molecule has 0 saturated carbocycles. The van der Waals surface area contributed by atoms with Gasteiger partial charge in [0.05, 0.1) is 11.3 Å². The van der Waals surface area contributed by atoms with Gasteiger partial charge in [-0.05, 0) is 37.1 Å². The van der Waals surface area contributed by atoms with E-state index in [4.69, 9.17) is 4.74 Å². The van der Waals surface area contributed by atoms with Crippen LogP contribution in [0.15, 0.2) is 42.5 Å². The fourth-order valence-corrected chi connectivity index (χ4v) is 2.51. The molecule has 0 atom stereocenters. The fraction of sp³-hybridized carbons (Fsp3) is 0.294. The summed E-state index contributed by atoms with van der Waals surface area (Å²) in [5, 5.41) is 6.91. The highest BCUT2D eigenvalue weighted by atomic mass is 19.4. The number of nitrogens with zero attached hydrogens (tertiary/aromatic N) is 3. The normalized spacial score (nSPS) is 12.8. The first-order valence-corrected chi connectivity index (χ1v) is 7.31. The van der Waals surface area contributed by atoms with E-state index in [0.29, 0.717) is 11.3 Å². The number of alkyl halides is 3. The first kappa shape index (κ1) is 16.4. The lowest BCUT2D eigenvalue weighted by Gasteiger charge is -2.23. The molecular formula is C17H16F3N3O. The third kappa shape index (κ3) is 2.75. The number of halogens is 3. The Balaban J connectivity index is 2.15. The van der Waals surface area contributed by atoms with Crippen molar-refractivity contribution in [1.82, 2.24) is 14.6 Å². The van der Waals surface area contributed by atoms with E-state index in [1.165, 1.54) is 6.07 Å². The highest BCUT2D eigenvalue weighted by Gasteiger charge is 2.37. The first-order chi connectivity index (χ1) is 11.2. The second-order valence-corrected chi connectivity index (χ2v) is 5.92. The van der Waals surface area contributed by atoms with E-state index in [-0.39, 0.29) is 5.65 Å². The molecule has 0 unspecified atom stereocenters. The van der Waals surface area contributed by atoms with Gasteiger partial charge in [-0.2, -0.15) is 13.2 Å². The van der Waals surface area contributed by atoms with Crippen LogP contribution < -0.4 is 0 Å². The Morgan fingerprint density at radius 3 is 2.21 bits per heavy atom. The minimum Gasteiger partial charge on any atom is -0.374 e. The van der Waals surface area contributed by atoms with Crippen LogP contribution >= 0.6 is 0 Å². The van der Waals surface area contributed by atoms with E-state index in [2.05, 4.69) is 10.2 Å². The van der Waals surface area contributed by atoms with Gasteiger partial charge in [0.2, 0.25) is 5.82 Å². The van der Waals surface area contributed by atoms with Crippen LogP contribution in [0.5, 0.6) is 0 Å². The lowest BCUT2D eigenvalue weighted by molar-refractivity contribution is -0.145. The highest BCUT2D eigenvalue weighted by molar-refractivity contribution is 5.64. The van der Waals surface area contributed by atoms with Gasteiger partial charge in [-0.25, -0.2) is 0 Å². The van der Waals surface area contributed by atoms with Gasteiger partial charge in [-0.1, -0.05) is 30.3 Å². The molecule has 0 aliphatic rings. The number of ether oxygens (including phenoxy) is 1. The van der Waals surface area contributed by atoms with Gasteiger partial charge < -0.3 is 4.74 Å². The van der Waals surface area contributed by atoms with Gasteiger partial charge >= 0.3 is 6.18 Å². The van der Waals surface area contributed by atoms with Gasteiger partial charge in [-0.3, -0.25) is 4.40 Å². The predicted octanol–water partition coefficient (Wildman–Crippen LogP) is 4.30. The Kier molecular flexibility index (Phi) is 3.83. The lowest BCUT2D eigenvalue weighted by Crippen LogP contribution is -2.19. The third-order valence-electron chi connectivity index (χ3n) is 4.07. The maximum absolute atomic E-state index is 13.2. The van der Waals surface area contributed by atoms with Crippen LogP contribution in [-0.2, 0) is 16.5 Å². The summed E-state index contributed by atoms with van der Waals surface area (Å²) < 4.78 is 46.0. The summed E-state index contributed by atoms with van der Waals surface area (Å²) in [6.07, 6.45) is -4.58. The largest absolute Gasteiger partial charge is 0.452 e. The standard InChI is InChI=1S/C17H16F3N3O/c1-16(2,24-3)12-9-7-11(8-10-12)13-5-4-6-14-21-22-15(23(13)14)17(18,19)20/h4-10H,1-3H3. The summed E-state index contributed by atoms with van der Waals surface area (Å²) in [7, 11) is 1.61. The van der Waals surface area contributed by atoms with Gasteiger partial charge in [-0.15, -0.1) is 10.2 Å². The van der Waals surface area contributed by atoms with Crippen LogP contribution in [0, 0.1) is 0 Å². The molecule has 0 aliphatic carbocycles. The van der Waals surface area contributed by atoms with Gasteiger partial charge in [0.15, 0.2) is 5.65 Å². The van der Waals surface area contributed by atoms with E-state index < -0.39 is 17.6 Å². The number of pyridine rings is 1. The second kappa shape index (κ2) is 5.59. The van der Waals surface area contributed by atoms with Crippen molar-refractivity contribution >= 4 is 5.65 Å². The average Bonchev–Trinajstić information content (AvgIpc) is 2.99. The molecule has 2 heterocycles. The Morgan fingerprint density at radius 2 is 1.62 bits per heavy atom. The number of aromatic nitrogens is 3. The monoisotopic (exact) mass is 335 g/mol. The van der Waals surface area contributed by atoms with E-state index >= 15 is 0 Å². The highest BCUT2D eigenvalue weighted by Crippen LogP contribution is 2.32. The smallest absolute Gasteiger partial charge is 0.374 e. The topological polar surface area (TPSA) is 39.4 Å². The van der Waals surface area contributed by atoms with Crippen molar-refractivity contribution < 1.29 is 17.9 Å². The van der Waals surface area contributed by atoms with E-state index in [9.17, 15) is 13.2 Å². The molecule has 24 heavy (non-hydrogen) atoms. The molecule has 3 rings (SSSR count). The van der Waals surface area contributed by atoms with E-state index in [1.807, 2.05) is 26.0 Å². The number of hydrogen-bond donors (Lipinski definition) is 0. The molecule has 4 nitrogen and oxygen atoms in total. The zero-order chi connectivity index (χ0) is 17.5. The molecule has 0 radical (unpaired) electrons. The zero-order valence-corrected chi connectivity index (χ0v) is 13.4. The van der Waals surface area contributed by atoms with Crippen LogP contribution in [-0.4, -0.2) is 21.7 Å². The number of methoxy groups -OCH3 is 1. The third-order valence-corrected chi connectivity index (χ3v) is 4.07. The quantitative estimate of drug-likeness (QED) is 0.716. The van der Waals surface area contributed by atoms with E-state index in [0.717, 1.165) is 9.96 Å². The Morgan fingerprint density at radius 1 is 0.958 bits per heavy atom. The Labute approximate surface area is 136 Å². The van der Waals surface area contributed by atoms with Gasteiger partial charge in [0.1, 0.15) is 0 Å². The van der Waals surface area contributed by atoms with Gasteiger partial charge in [0, 0.05) is 7.11 Å². The number of hydrogen-bond acceptors (Lipinski definition) is 3. The Bertz CT molecular complexity index is 867. The molecule has 0 amide bonds. The maximum Gasteiger partial charge on any atom is 0.452 e. The lowest BCUT2D eigenvalue weighted by atomic mass is 9.96. The van der Waals surface area contributed by atoms with E-state index in [1.54, 1.807) is 31.4 Å². The number of fused-ring (bicyclic) bond motifs is 1. The van der Waals surface area contributed by atoms with Crippen molar-refractivity contribution in [2.24, 2.45) is 0 Å². The molecule has 2 aromatic heterocycles. The van der Waals surface area contributed by atoms with Crippen LogP contribution in [0.25, 0.3) is 16.9 Å². The number of benzene rings is 1. The van der Waals surface area contributed by atoms with Crippen molar-refractivity contribution in [2.45, 2.75) is 25.6 Å². The molecule has 7 heteroatoms. The second-order valence-electron chi connectivity index (χ2n) is 5.92. The molecule has 0 aliphatic heterocycles. The molecule has 0 N–H and O–H groups in total. The summed E-state index contributed by atoms with van der Waals surface area (Å²) >= 11 is 0. The van der Waals surface area contributed by atoms with Crippen LogP contribution in [0.3, 0.4) is 0 Å². The Hall–Kier alpha value is -2.41. The number of rotatable bonds is 3. The molecule has 1 aromatic carbocycles. The first-order valence-electron chi connectivity index (χ1n) is 7.31. The van der Waals surface area contributed by atoms with Crippen molar-refractivity contribution in [3.8, 4) is 11.3 Å². The summed E-state index contributed by atoms with van der Waals surface area (Å²) in [4.78, 5) is 0. The van der Waals surface area contributed by atoms with Crippen molar-refractivity contribution in [1.29, 1.82) is 0 Å². The molecule has 0 saturated heterocycles. The zero-order valence-electron chi connectivity index (χ0n) is 13.4. The molecular weight excluding hydrogens is 319 g/mol. The SMILES string of the molecule is COC(C)(C)c1ccc(-c2cccc3nnc(C(F)(F)F)n23)cc1. The minimum atomic E-state index is -4.58. The molecule has 126 valence electrons. The molecule has 0 bridgehead atoms. The van der Waals surface area contributed by atoms with Crippen LogP contribution in [0.1, 0.15) is 25.2 Å². The van der Waals surface area contributed by atoms with Crippen molar-refractivity contribution in [3.63, 3.8) is 0 Å². The molecule has 3 aromatic rings. The minimum absolute atomic E-state index is 0.154. The van der Waals surface area contributed by atoms with Crippen LogP contribution in [0.2, 0.25) is 0 Å². The molecule has 0 fully saturated rings. The van der Waals surface area contributed by atoms with Crippen molar-refractivity contribution in [2.75, 3.05) is 7.11 Å².